The van der Waals surface area contributed by atoms with Gasteiger partial charge < -0.3 is 10.0 Å². The maximum Gasteiger partial charge on any atom is 0.338 e. The molecule has 0 atom stereocenters. The van der Waals surface area contributed by atoms with Gasteiger partial charge in [-0.05, 0) is 31.0 Å². The van der Waals surface area contributed by atoms with Crippen LogP contribution in [0.25, 0.3) is 0 Å². The van der Waals surface area contributed by atoms with Crippen molar-refractivity contribution in [3.8, 4) is 0 Å². The molecule has 4 nitrogen and oxygen atoms in total. The fourth-order valence-electron chi connectivity index (χ4n) is 2.66. The van der Waals surface area contributed by atoms with Crippen molar-refractivity contribution in [2.75, 3.05) is 31.1 Å². The Hall–Kier alpha value is -1.62. The number of carbonyl (C=O) groups is 1. The van der Waals surface area contributed by atoms with Crippen LogP contribution in [-0.4, -0.2) is 48.2 Å². The van der Waals surface area contributed by atoms with E-state index in [0.717, 1.165) is 37.9 Å². The first-order valence-corrected chi connectivity index (χ1v) is 6.67. The second kappa shape index (κ2) is 4.81. The topological polar surface area (TPSA) is 43.8 Å². The van der Waals surface area contributed by atoms with Crippen molar-refractivity contribution in [2.24, 2.45) is 0 Å². The predicted molar refractivity (Wildman–Crippen MR) is 70.2 cm³/mol. The van der Waals surface area contributed by atoms with Gasteiger partial charge in [0, 0.05) is 37.9 Å². The van der Waals surface area contributed by atoms with Gasteiger partial charge >= 0.3 is 5.97 Å². The maximum atomic E-state index is 13.7. The SMILES string of the molecule is O=C(O)c1ccc(N2CCN(C3CC3)CC2)cc1F. The summed E-state index contributed by atoms with van der Waals surface area (Å²) in [6.45, 7) is 3.77. The number of hydrogen-bond acceptors (Lipinski definition) is 3. The van der Waals surface area contributed by atoms with E-state index in [1.807, 2.05) is 0 Å². The van der Waals surface area contributed by atoms with Gasteiger partial charge in [0.25, 0.3) is 0 Å². The first-order valence-electron chi connectivity index (χ1n) is 6.67. The Morgan fingerprint density at radius 3 is 2.42 bits per heavy atom. The molecule has 2 aliphatic rings. The van der Waals surface area contributed by atoms with E-state index in [2.05, 4.69) is 9.80 Å². The van der Waals surface area contributed by atoms with Crippen molar-refractivity contribution in [1.29, 1.82) is 0 Å². The number of rotatable bonds is 3. The molecular weight excluding hydrogens is 247 g/mol. The van der Waals surface area contributed by atoms with Gasteiger partial charge in [0.1, 0.15) is 5.82 Å². The highest BCUT2D eigenvalue weighted by molar-refractivity contribution is 5.88. The van der Waals surface area contributed by atoms with Crippen LogP contribution in [0.15, 0.2) is 18.2 Å². The molecule has 102 valence electrons. The molecule has 1 saturated heterocycles. The number of hydrogen-bond donors (Lipinski definition) is 1. The van der Waals surface area contributed by atoms with Crippen LogP contribution >= 0.6 is 0 Å². The molecule has 1 aliphatic heterocycles. The molecule has 0 bridgehead atoms. The van der Waals surface area contributed by atoms with Gasteiger partial charge in [-0.25, -0.2) is 9.18 Å². The van der Waals surface area contributed by atoms with Crippen molar-refractivity contribution >= 4 is 11.7 Å². The van der Waals surface area contributed by atoms with Crippen molar-refractivity contribution in [3.05, 3.63) is 29.6 Å². The number of carboxylic acid groups (broad SMARTS) is 1. The van der Waals surface area contributed by atoms with E-state index >= 15 is 0 Å². The van der Waals surface area contributed by atoms with Gasteiger partial charge in [-0.15, -0.1) is 0 Å². The van der Waals surface area contributed by atoms with E-state index in [-0.39, 0.29) is 5.56 Å². The second-order valence-corrected chi connectivity index (χ2v) is 5.22. The predicted octanol–water partition coefficient (Wildman–Crippen LogP) is 1.81. The fraction of sp³-hybridized carbons (Fsp3) is 0.500. The van der Waals surface area contributed by atoms with Gasteiger partial charge in [-0.1, -0.05) is 0 Å². The Kier molecular flexibility index (Phi) is 3.14. The second-order valence-electron chi connectivity index (χ2n) is 5.22. The van der Waals surface area contributed by atoms with E-state index in [0.29, 0.717) is 0 Å². The van der Waals surface area contributed by atoms with Crippen LogP contribution in [0.5, 0.6) is 0 Å². The highest BCUT2D eigenvalue weighted by Gasteiger charge is 2.31. The molecule has 0 radical (unpaired) electrons. The molecule has 0 aromatic heterocycles. The number of benzene rings is 1. The van der Waals surface area contributed by atoms with Gasteiger partial charge in [-0.2, -0.15) is 0 Å². The summed E-state index contributed by atoms with van der Waals surface area (Å²) in [6, 6.07) is 5.14. The number of halogens is 1. The molecule has 19 heavy (non-hydrogen) atoms. The molecule has 3 rings (SSSR count). The molecule has 1 aromatic carbocycles. The molecule has 0 unspecified atom stereocenters. The van der Waals surface area contributed by atoms with Crippen LogP contribution in [0.4, 0.5) is 10.1 Å². The average Bonchev–Trinajstić information content (AvgIpc) is 3.22. The summed E-state index contributed by atoms with van der Waals surface area (Å²) < 4.78 is 13.7. The zero-order valence-corrected chi connectivity index (χ0v) is 10.7. The summed E-state index contributed by atoms with van der Waals surface area (Å²) in [5.74, 6) is -1.88. The Labute approximate surface area is 111 Å². The molecular formula is C14H17FN2O2. The molecule has 2 fully saturated rings. The smallest absolute Gasteiger partial charge is 0.338 e. The summed E-state index contributed by atoms with van der Waals surface area (Å²) in [5.41, 5.74) is 0.512. The van der Waals surface area contributed by atoms with Gasteiger partial charge in [-0.3, -0.25) is 4.90 Å². The number of aromatic carboxylic acids is 1. The van der Waals surface area contributed by atoms with Crippen LogP contribution in [0, 0.1) is 5.82 Å². The van der Waals surface area contributed by atoms with Crippen molar-refractivity contribution in [1.82, 2.24) is 4.90 Å². The molecule has 1 saturated carbocycles. The minimum absolute atomic E-state index is 0.264. The number of nitrogens with zero attached hydrogens (tertiary/aromatic N) is 2. The first kappa shape index (κ1) is 12.4. The third kappa shape index (κ3) is 2.56. The molecule has 1 aliphatic carbocycles. The normalized spacial score (nSPS) is 20.6. The van der Waals surface area contributed by atoms with Crippen LogP contribution in [0.3, 0.4) is 0 Å². The zero-order valence-electron chi connectivity index (χ0n) is 10.7. The summed E-state index contributed by atoms with van der Waals surface area (Å²) in [7, 11) is 0. The van der Waals surface area contributed by atoms with E-state index < -0.39 is 11.8 Å². The highest BCUT2D eigenvalue weighted by atomic mass is 19.1. The monoisotopic (exact) mass is 264 g/mol. The van der Waals surface area contributed by atoms with Gasteiger partial charge in [0.05, 0.1) is 5.56 Å². The molecule has 5 heteroatoms. The molecule has 0 amide bonds. The quantitative estimate of drug-likeness (QED) is 0.904. The largest absolute Gasteiger partial charge is 0.478 e. The lowest BCUT2D eigenvalue weighted by molar-refractivity contribution is 0.0692. The minimum atomic E-state index is -1.22. The minimum Gasteiger partial charge on any atom is -0.478 e. The summed E-state index contributed by atoms with van der Waals surface area (Å²) in [4.78, 5) is 15.4. The number of piperazine rings is 1. The third-order valence-electron chi connectivity index (χ3n) is 3.93. The molecule has 0 spiro atoms. The summed E-state index contributed by atoms with van der Waals surface area (Å²) in [6.07, 6.45) is 2.61. The van der Waals surface area contributed by atoms with E-state index in [4.69, 9.17) is 5.11 Å². The van der Waals surface area contributed by atoms with Crippen LogP contribution in [0.2, 0.25) is 0 Å². The Morgan fingerprint density at radius 1 is 1.21 bits per heavy atom. The maximum absolute atomic E-state index is 13.7. The number of anilines is 1. The molecule has 1 heterocycles. The van der Waals surface area contributed by atoms with Crippen molar-refractivity contribution < 1.29 is 14.3 Å². The Balaban J connectivity index is 1.69. The Bertz CT molecular complexity index is 494. The van der Waals surface area contributed by atoms with Crippen LogP contribution < -0.4 is 4.90 Å². The van der Waals surface area contributed by atoms with Gasteiger partial charge in [0.2, 0.25) is 0 Å². The standard InChI is InChI=1S/C14H17FN2O2/c15-13-9-11(3-4-12(13)14(18)19)17-7-5-16(6-8-17)10-1-2-10/h3-4,9-10H,1-2,5-8H2,(H,18,19). The van der Waals surface area contributed by atoms with Gasteiger partial charge in [0.15, 0.2) is 0 Å². The lowest BCUT2D eigenvalue weighted by atomic mass is 10.1. The van der Waals surface area contributed by atoms with E-state index in [1.54, 1.807) is 6.07 Å². The van der Waals surface area contributed by atoms with Crippen LogP contribution in [-0.2, 0) is 0 Å². The molecule has 1 aromatic rings. The van der Waals surface area contributed by atoms with E-state index in [1.165, 1.54) is 25.0 Å². The van der Waals surface area contributed by atoms with Crippen molar-refractivity contribution in [2.45, 2.75) is 18.9 Å². The fourth-order valence-corrected chi connectivity index (χ4v) is 2.66. The van der Waals surface area contributed by atoms with Crippen LogP contribution in [0.1, 0.15) is 23.2 Å². The average molecular weight is 264 g/mol. The third-order valence-corrected chi connectivity index (χ3v) is 3.93. The van der Waals surface area contributed by atoms with E-state index in [9.17, 15) is 9.18 Å². The molecule has 1 N–H and O–H groups in total. The summed E-state index contributed by atoms with van der Waals surface area (Å²) >= 11 is 0. The lowest BCUT2D eigenvalue weighted by Crippen LogP contribution is -2.47. The number of carboxylic acids is 1. The Morgan fingerprint density at radius 2 is 1.89 bits per heavy atom. The lowest BCUT2D eigenvalue weighted by Gasteiger charge is -2.36. The highest BCUT2D eigenvalue weighted by Crippen LogP contribution is 2.28. The van der Waals surface area contributed by atoms with Crippen molar-refractivity contribution in [3.63, 3.8) is 0 Å². The zero-order chi connectivity index (χ0) is 13.4. The first-order chi connectivity index (χ1) is 9.15. The summed E-state index contributed by atoms with van der Waals surface area (Å²) in [5, 5.41) is 8.81.